The van der Waals surface area contributed by atoms with Crippen LogP contribution in [0.25, 0.3) is 0 Å². The molecule has 1 heterocycles. The smallest absolute Gasteiger partial charge is 0.253 e. The second-order valence-electron chi connectivity index (χ2n) is 5.50. The minimum Gasteiger partial charge on any atom is -0.493 e. The first-order chi connectivity index (χ1) is 12.4. The molecule has 0 aliphatic heterocycles. The van der Waals surface area contributed by atoms with Gasteiger partial charge >= 0.3 is 0 Å². The lowest BCUT2D eigenvalue weighted by Crippen LogP contribution is -2.07. The Morgan fingerprint density at radius 3 is 1.96 bits per heavy atom. The Morgan fingerprint density at radius 2 is 1.54 bits per heavy atom. The highest BCUT2D eigenvalue weighted by Gasteiger charge is 2.17. The normalized spacial score (nSPS) is 10.9. The monoisotopic (exact) mass is 398 g/mol. The van der Waals surface area contributed by atoms with Crippen LogP contribution in [0.2, 0.25) is 10.3 Å². The van der Waals surface area contributed by atoms with E-state index in [9.17, 15) is 0 Å². The summed E-state index contributed by atoms with van der Waals surface area (Å²) < 4.78 is 16.1. The highest BCUT2D eigenvalue weighted by Crippen LogP contribution is 2.39. The third-order valence-electron chi connectivity index (χ3n) is 3.40. The van der Waals surface area contributed by atoms with Crippen molar-refractivity contribution in [1.82, 2.24) is 14.9 Å². The Balaban J connectivity index is 2.39. The maximum absolute atomic E-state index is 6.30. The van der Waals surface area contributed by atoms with Gasteiger partial charge in [0.15, 0.2) is 11.5 Å². The number of rotatable bonds is 7. The Hall–Kier alpha value is -2.25. The molecular weight excluding hydrogens is 379 g/mol. The number of methoxy groups -OCH3 is 3. The van der Waals surface area contributed by atoms with Gasteiger partial charge in [0.05, 0.1) is 27.7 Å². The van der Waals surface area contributed by atoms with Crippen LogP contribution in [-0.2, 0) is 6.42 Å². The summed E-state index contributed by atoms with van der Waals surface area (Å²) in [6.07, 6.45) is 1.97. The van der Waals surface area contributed by atoms with E-state index in [1.165, 1.54) is 0 Å². The van der Waals surface area contributed by atoms with Crippen LogP contribution >= 0.6 is 23.2 Å². The first-order valence-corrected chi connectivity index (χ1v) is 8.36. The van der Waals surface area contributed by atoms with Crippen LogP contribution < -0.4 is 14.2 Å². The molecule has 2 aromatic rings. The fourth-order valence-electron chi connectivity index (χ4n) is 2.23. The SMILES string of the molecule is COc1cc(Cc2c(Cl)nc(N=CN(C)C)nc2Cl)cc(OC)c1OC. The van der Waals surface area contributed by atoms with E-state index < -0.39 is 0 Å². The minimum atomic E-state index is 0.197. The highest BCUT2D eigenvalue weighted by atomic mass is 35.5. The van der Waals surface area contributed by atoms with Gasteiger partial charge in [-0.2, -0.15) is 9.97 Å². The molecule has 2 rings (SSSR count). The summed E-state index contributed by atoms with van der Waals surface area (Å²) in [5, 5.41) is 0.481. The van der Waals surface area contributed by atoms with Crippen LogP contribution in [0.4, 0.5) is 5.95 Å². The molecule has 140 valence electrons. The number of hydrogen-bond donors (Lipinski definition) is 0. The van der Waals surface area contributed by atoms with Gasteiger partial charge in [-0.25, -0.2) is 4.99 Å². The van der Waals surface area contributed by atoms with Crippen molar-refractivity contribution >= 4 is 35.5 Å². The van der Waals surface area contributed by atoms with Crippen LogP contribution in [-0.4, -0.2) is 56.6 Å². The summed E-state index contributed by atoms with van der Waals surface area (Å²) in [6.45, 7) is 0. The quantitative estimate of drug-likeness (QED) is 0.403. The third kappa shape index (κ3) is 4.68. The Bertz CT molecular complexity index is 765. The summed E-state index contributed by atoms with van der Waals surface area (Å²) in [7, 11) is 8.34. The minimum absolute atomic E-state index is 0.197. The molecule has 1 aromatic carbocycles. The lowest BCUT2D eigenvalue weighted by atomic mass is 10.1. The van der Waals surface area contributed by atoms with E-state index in [-0.39, 0.29) is 16.3 Å². The lowest BCUT2D eigenvalue weighted by molar-refractivity contribution is 0.324. The molecule has 9 heteroatoms. The van der Waals surface area contributed by atoms with Crippen LogP contribution in [0.5, 0.6) is 17.2 Å². The highest BCUT2D eigenvalue weighted by molar-refractivity contribution is 6.34. The molecule has 0 unspecified atom stereocenters. The first-order valence-electron chi connectivity index (χ1n) is 7.61. The van der Waals surface area contributed by atoms with Crippen molar-refractivity contribution in [2.75, 3.05) is 35.4 Å². The zero-order valence-electron chi connectivity index (χ0n) is 15.2. The Morgan fingerprint density at radius 1 is 1.00 bits per heavy atom. The molecule has 0 amide bonds. The van der Waals surface area contributed by atoms with E-state index in [2.05, 4.69) is 15.0 Å². The molecule has 0 aliphatic carbocycles. The average Bonchev–Trinajstić information content (AvgIpc) is 2.61. The maximum atomic E-state index is 6.30. The molecule has 0 N–H and O–H groups in total. The lowest BCUT2D eigenvalue weighted by Gasteiger charge is -2.14. The molecule has 7 nitrogen and oxygen atoms in total. The summed E-state index contributed by atoms with van der Waals surface area (Å²) in [4.78, 5) is 14.2. The second-order valence-corrected chi connectivity index (χ2v) is 6.22. The molecule has 0 spiro atoms. The summed E-state index contributed by atoms with van der Waals surface area (Å²) in [5.41, 5.74) is 1.45. The van der Waals surface area contributed by atoms with Gasteiger partial charge in [-0.3, -0.25) is 0 Å². The van der Waals surface area contributed by atoms with Gasteiger partial charge in [-0.1, -0.05) is 23.2 Å². The van der Waals surface area contributed by atoms with Gasteiger partial charge in [0.1, 0.15) is 10.3 Å². The molecule has 26 heavy (non-hydrogen) atoms. The molecule has 0 radical (unpaired) electrons. The predicted molar refractivity (Wildman–Crippen MR) is 103 cm³/mol. The topological polar surface area (TPSA) is 69.1 Å². The van der Waals surface area contributed by atoms with E-state index in [1.54, 1.807) is 32.6 Å². The standard InChI is InChI=1S/C17H20Cl2N4O3/c1-23(2)9-20-17-21-15(18)11(16(19)22-17)6-10-7-12(24-3)14(26-5)13(8-10)25-4/h7-9H,6H2,1-5H3. The molecule has 0 saturated carbocycles. The van der Waals surface area contributed by atoms with Crippen molar-refractivity contribution in [3.8, 4) is 17.2 Å². The molecule has 0 saturated heterocycles. The molecule has 0 fully saturated rings. The van der Waals surface area contributed by atoms with Gasteiger partial charge in [0, 0.05) is 26.1 Å². The van der Waals surface area contributed by atoms with Gasteiger partial charge in [-0.05, 0) is 17.7 Å². The van der Waals surface area contributed by atoms with Gasteiger partial charge in [-0.15, -0.1) is 0 Å². The van der Waals surface area contributed by atoms with Gasteiger partial charge in [0.2, 0.25) is 5.75 Å². The summed E-state index contributed by atoms with van der Waals surface area (Å²) in [6, 6.07) is 3.65. The van der Waals surface area contributed by atoms with E-state index in [1.807, 2.05) is 26.2 Å². The maximum Gasteiger partial charge on any atom is 0.253 e. The van der Waals surface area contributed by atoms with Gasteiger partial charge in [0.25, 0.3) is 5.95 Å². The predicted octanol–water partition coefficient (Wildman–Crippen LogP) is 3.62. The summed E-state index contributed by atoms with van der Waals surface area (Å²) in [5.74, 6) is 1.80. The number of hydrogen-bond acceptors (Lipinski definition) is 6. The number of benzene rings is 1. The van der Waals surface area contributed by atoms with Crippen molar-refractivity contribution in [1.29, 1.82) is 0 Å². The van der Waals surface area contributed by atoms with E-state index in [4.69, 9.17) is 37.4 Å². The van der Waals surface area contributed by atoms with Crippen LogP contribution in [0.15, 0.2) is 17.1 Å². The van der Waals surface area contributed by atoms with Crippen molar-refractivity contribution in [2.24, 2.45) is 4.99 Å². The third-order valence-corrected chi connectivity index (χ3v) is 4.03. The van der Waals surface area contributed by atoms with E-state index >= 15 is 0 Å². The molecule has 1 aromatic heterocycles. The van der Waals surface area contributed by atoms with Crippen molar-refractivity contribution in [3.63, 3.8) is 0 Å². The van der Waals surface area contributed by atoms with Crippen LogP contribution in [0.3, 0.4) is 0 Å². The molecule has 0 aliphatic rings. The van der Waals surface area contributed by atoms with Gasteiger partial charge < -0.3 is 19.1 Å². The summed E-state index contributed by atoms with van der Waals surface area (Å²) >= 11 is 12.6. The van der Waals surface area contributed by atoms with E-state index in [0.717, 1.165) is 5.56 Å². The van der Waals surface area contributed by atoms with Crippen molar-refractivity contribution < 1.29 is 14.2 Å². The number of halogens is 2. The number of ether oxygens (including phenoxy) is 3. The molecular formula is C17H20Cl2N4O3. The number of nitrogens with zero attached hydrogens (tertiary/aromatic N) is 4. The first kappa shape index (κ1) is 20.1. The Labute approximate surface area is 162 Å². The zero-order valence-corrected chi connectivity index (χ0v) is 16.7. The fraction of sp³-hybridized carbons (Fsp3) is 0.353. The zero-order chi connectivity index (χ0) is 19.3. The van der Waals surface area contributed by atoms with E-state index in [0.29, 0.717) is 29.2 Å². The van der Waals surface area contributed by atoms with Crippen LogP contribution in [0, 0.1) is 0 Å². The van der Waals surface area contributed by atoms with Crippen molar-refractivity contribution in [3.05, 3.63) is 33.6 Å². The average molecular weight is 399 g/mol. The number of aliphatic imine (C=N–C) groups is 1. The second kappa shape index (κ2) is 8.91. The molecule has 0 bridgehead atoms. The largest absolute Gasteiger partial charge is 0.493 e. The fourth-order valence-corrected chi connectivity index (χ4v) is 2.75. The van der Waals surface area contributed by atoms with Crippen LogP contribution in [0.1, 0.15) is 11.1 Å². The molecule has 0 atom stereocenters. The number of aromatic nitrogens is 2. The van der Waals surface area contributed by atoms with Crippen molar-refractivity contribution in [2.45, 2.75) is 6.42 Å². The Kier molecular flexibility index (Phi) is 6.88.